The second-order valence-corrected chi connectivity index (χ2v) is 8.11. The molecule has 0 bridgehead atoms. The summed E-state index contributed by atoms with van der Waals surface area (Å²) >= 11 is 0. The van der Waals surface area contributed by atoms with E-state index >= 15 is 0 Å². The SMILES string of the molecule is CC[C@H](CC[C@H](O)C[C@@H](CCc1ccc(O)c(OCCC=O)c1)OC(C)=O)CNC(N)=NC. The number of aliphatic hydroxyl groups excluding tert-OH is 1. The van der Waals surface area contributed by atoms with Crippen LogP contribution in [0.1, 0.15) is 57.9 Å². The van der Waals surface area contributed by atoms with Crippen molar-refractivity contribution in [2.75, 3.05) is 20.2 Å². The zero-order valence-electron chi connectivity index (χ0n) is 20.0. The van der Waals surface area contributed by atoms with E-state index < -0.39 is 12.2 Å². The Bertz CT molecular complexity index is 756. The molecule has 0 aliphatic heterocycles. The minimum atomic E-state index is -0.595. The number of nitrogens with two attached hydrogens (primary N) is 1. The molecule has 0 aromatic heterocycles. The molecule has 0 unspecified atom stereocenters. The van der Waals surface area contributed by atoms with Gasteiger partial charge in [-0.15, -0.1) is 0 Å². The number of aryl methyl sites for hydroxylation is 1. The smallest absolute Gasteiger partial charge is 0.302 e. The largest absolute Gasteiger partial charge is 0.504 e. The minimum absolute atomic E-state index is 0.00328. The van der Waals surface area contributed by atoms with E-state index in [4.69, 9.17) is 15.2 Å². The monoisotopic (exact) mass is 465 g/mol. The van der Waals surface area contributed by atoms with Gasteiger partial charge in [0, 0.05) is 33.4 Å². The molecule has 0 radical (unpaired) electrons. The molecule has 0 aliphatic carbocycles. The van der Waals surface area contributed by atoms with Crippen LogP contribution in [0.5, 0.6) is 11.5 Å². The molecule has 186 valence electrons. The van der Waals surface area contributed by atoms with Gasteiger partial charge in [0.1, 0.15) is 12.4 Å². The van der Waals surface area contributed by atoms with Gasteiger partial charge < -0.3 is 35.5 Å². The van der Waals surface area contributed by atoms with E-state index in [-0.39, 0.29) is 24.7 Å². The van der Waals surface area contributed by atoms with E-state index in [1.165, 1.54) is 13.0 Å². The van der Waals surface area contributed by atoms with Crippen molar-refractivity contribution in [1.29, 1.82) is 0 Å². The summed E-state index contributed by atoms with van der Waals surface area (Å²) in [6.07, 6.45) is 3.78. The van der Waals surface area contributed by atoms with Crippen LogP contribution >= 0.6 is 0 Å². The van der Waals surface area contributed by atoms with Gasteiger partial charge in [-0.2, -0.15) is 0 Å². The van der Waals surface area contributed by atoms with E-state index in [2.05, 4.69) is 17.2 Å². The van der Waals surface area contributed by atoms with Gasteiger partial charge >= 0.3 is 5.97 Å². The number of carbonyl (C=O) groups excluding carboxylic acids is 2. The van der Waals surface area contributed by atoms with Gasteiger partial charge in [-0.3, -0.25) is 9.79 Å². The fourth-order valence-corrected chi connectivity index (χ4v) is 3.46. The number of benzene rings is 1. The minimum Gasteiger partial charge on any atom is -0.504 e. The average Bonchev–Trinajstić information content (AvgIpc) is 2.78. The van der Waals surface area contributed by atoms with Crippen molar-refractivity contribution in [3.8, 4) is 11.5 Å². The molecule has 9 heteroatoms. The molecular formula is C24H39N3O6. The van der Waals surface area contributed by atoms with Gasteiger partial charge in [-0.25, -0.2) is 0 Å². The first kappa shape index (κ1) is 28.2. The maximum absolute atomic E-state index is 11.6. The Morgan fingerprint density at radius 1 is 1.30 bits per heavy atom. The number of aromatic hydroxyl groups is 1. The number of rotatable bonds is 16. The van der Waals surface area contributed by atoms with E-state index in [1.807, 2.05) is 0 Å². The molecule has 0 fully saturated rings. The Kier molecular flexibility index (Phi) is 13.6. The Hall–Kier alpha value is -2.81. The molecule has 1 aromatic rings. The predicted molar refractivity (Wildman–Crippen MR) is 127 cm³/mol. The Balaban J connectivity index is 2.61. The van der Waals surface area contributed by atoms with Crippen LogP contribution in [0.3, 0.4) is 0 Å². The fourth-order valence-electron chi connectivity index (χ4n) is 3.46. The highest BCUT2D eigenvalue weighted by Gasteiger charge is 2.19. The number of carbonyl (C=O) groups is 2. The van der Waals surface area contributed by atoms with Crippen LogP contribution in [0.2, 0.25) is 0 Å². The highest BCUT2D eigenvalue weighted by Crippen LogP contribution is 2.28. The maximum Gasteiger partial charge on any atom is 0.302 e. The average molecular weight is 466 g/mol. The van der Waals surface area contributed by atoms with Crippen LogP contribution in [0.15, 0.2) is 23.2 Å². The zero-order valence-corrected chi connectivity index (χ0v) is 20.0. The van der Waals surface area contributed by atoms with E-state index in [9.17, 15) is 19.8 Å². The number of hydrogen-bond acceptors (Lipinski definition) is 7. The van der Waals surface area contributed by atoms with Crippen molar-refractivity contribution < 1.29 is 29.3 Å². The highest BCUT2D eigenvalue weighted by atomic mass is 16.5. The molecule has 0 aliphatic rings. The molecular weight excluding hydrogens is 426 g/mol. The van der Waals surface area contributed by atoms with Gasteiger partial charge in [-0.05, 0) is 49.3 Å². The number of hydrogen-bond donors (Lipinski definition) is 4. The third kappa shape index (κ3) is 12.1. The standard InChI is InChI=1S/C24H39N3O6/c1-4-18(16-27-24(25)26-3)6-9-20(30)15-21(33-17(2)29)10-7-19-8-11-22(31)23(14-19)32-13-5-12-28/h8,11-12,14,18,20-21,30-31H,4-7,9-10,13,15-16H2,1-3H3,(H3,25,26,27)/t18-,20+,21-/m1/s1. The summed E-state index contributed by atoms with van der Waals surface area (Å²) in [5, 5.41) is 23.5. The summed E-state index contributed by atoms with van der Waals surface area (Å²) in [7, 11) is 1.63. The number of ether oxygens (including phenoxy) is 2. The van der Waals surface area contributed by atoms with Crippen LogP contribution in [0.4, 0.5) is 0 Å². The fraction of sp³-hybridized carbons (Fsp3) is 0.625. The van der Waals surface area contributed by atoms with Gasteiger partial charge in [0.2, 0.25) is 0 Å². The number of phenols is 1. The molecule has 33 heavy (non-hydrogen) atoms. The van der Waals surface area contributed by atoms with Crippen LogP contribution in [-0.2, 0) is 20.7 Å². The van der Waals surface area contributed by atoms with E-state index in [0.29, 0.717) is 49.9 Å². The van der Waals surface area contributed by atoms with Crippen molar-refractivity contribution >= 4 is 18.2 Å². The van der Waals surface area contributed by atoms with Crippen molar-refractivity contribution in [2.45, 2.75) is 71.0 Å². The first-order chi connectivity index (χ1) is 15.8. The number of guanidine groups is 1. The lowest BCUT2D eigenvalue weighted by Crippen LogP contribution is -2.35. The van der Waals surface area contributed by atoms with Crippen LogP contribution in [0.25, 0.3) is 0 Å². The summed E-state index contributed by atoms with van der Waals surface area (Å²) in [6.45, 7) is 4.33. The first-order valence-corrected chi connectivity index (χ1v) is 11.5. The van der Waals surface area contributed by atoms with E-state index in [0.717, 1.165) is 24.7 Å². The number of nitrogens with one attached hydrogen (secondary N) is 1. The Morgan fingerprint density at radius 2 is 2.06 bits per heavy atom. The second-order valence-electron chi connectivity index (χ2n) is 8.11. The normalized spacial score (nSPS) is 14.2. The quantitative estimate of drug-likeness (QED) is 0.0957. The summed E-state index contributed by atoms with van der Waals surface area (Å²) in [4.78, 5) is 25.9. The van der Waals surface area contributed by atoms with Crippen LogP contribution in [-0.4, -0.2) is 60.8 Å². The number of aldehydes is 1. The number of aliphatic imine (C=N–C) groups is 1. The lowest BCUT2D eigenvalue weighted by atomic mass is 9.95. The first-order valence-electron chi connectivity index (χ1n) is 11.5. The van der Waals surface area contributed by atoms with Gasteiger partial charge in [0.15, 0.2) is 17.5 Å². The van der Waals surface area contributed by atoms with Gasteiger partial charge in [0.05, 0.1) is 12.7 Å². The topological polar surface area (TPSA) is 143 Å². The zero-order chi connectivity index (χ0) is 24.6. The molecule has 0 saturated carbocycles. The molecule has 0 amide bonds. The number of aliphatic hydroxyl groups is 1. The Labute approximate surface area is 196 Å². The molecule has 3 atom stereocenters. The summed E-state index contributed by atoms with van der Waals surface area (Å²) in [5.74, 6) is 0.674. The number of phenolic OH excluding ortho intramolecular Hbond substituents is 1. The van der Waals surface area contributed by atoms with Crippen molar-refractivity contribution in [3.63, 3.8) is 0 Å². The molecule has 9 nitrogen and oxygen atoms in total. The van der Waals surface area contributed by atoms with Crippen molar-refractivity contribution in [1.82, 2.24) is 5.32 Å². The Morgan fingerprint density at radius 3 is 2.70 bits per heavy atom. The maximum atomic E-state index is 11.6. The molecule has 0 heterocycles. The van der Waals surface area contributed by atoms with Crippen molar-refractivity contribution in [2.24, 2.45) is 16.6 Å². The summed E-state index contributed by atoms with van der Waals surface area (Å²) in [5.41, 5.74) is 6.57. The lowest BCUT2D eigenvalue weighted by molar-refractivity contribution is -0.148. The molecule has 5 N–H and O–H groups in total. The third-order valence-electron chi connectivity index (χ3n) is 5.44. The van der Waals surface area contributed by atoms with Crippen LogP contribution in [0, 0.1) is 5.92 Å². The second kappa shape index (κ2) is 15.9. The molecule has 0 spiro atoms. The summed E-state index contributed by atoms with van der Waals surface area (Å²) in [6, 6.07) is 5.02. The number of esters is 1. The number of nitrogens with zero attached hydrogens (tertiary/aromatic N) is 1. The van der Waals surface area contributed by atoms with Gasteiger partial charge in [0.25, 0.3) is 0 Å². The summed E-state index contributed by atoms with van der Waals surface area (Å²) < 4.78 is 10.9. The van der Waals surface area contributed by atoms with E-state index in [1.54, 1.807) is 19.2 Å². The molecule has 0 saturated heterocycles. The van der Waals surface area contributed by atoms with Crippen LogP contribution < -0.4 is 15.8 Å². The van der Waals surface area contributed by atoms with Crippen molar-refractivity contribution in [3.05, 3.63) is 23.8 Å². The highest BCUT2D eigenvalue weighted by molar-refractivity contribution is 5.77. The van der Waals surface area contributed by atoms with Gasteiger partial charge in [-0.1, -0.05) is 19.4 Å². The third-order valence-corrected chi connectivity index (χ3v) is 5.44. The molecule has 1 aromatic carbocycles. The predicted octanol–water partition coefficient (Wildman–Crippen LogP) is 2.32. The molecule has 1 rings (SSSR count). The lowest BCUT2D eigenvalue weighted by Gasteiger charge is -2.22.